The van der Waals surface area contributed by atoms with E-state index >= 15 is 0 Å². The van der Waals surface area contributed by atoms with E-state index in [1.807, 2.05) is 30.3 Å². The number of esters is 2. The standard InChI is InChI=1S/C19H24O8/c1-11(20)23-18(24-12(2)21)15-14-16(27-19(3,4)26-14)17(25-15)22-10-13-8-6-5-7-9-13/h5-9,14-18H,10H2,1-4H3/t14-,15-,16-,17?/m0/s1. The molecule has 1 aromatic rings. The average molecular weight is 380 g/mol. The Hall–Kier alpha value is -2.00. The van der Waals surface area contributed by atoms with Crippen LogP contribution in [0.15, 0.2) is 30.3 Å². The Morgan fingerprint density at radius 2 is 1.63 bits per heavy atom. The second-order valence-electron chi connectivity index (χ2n) is 6.92. The number of ether oxygens (including phenoxy) is 6. The van der Waals surface area contributed by atoms with Gasteiger partial charge >= 0.3 is 11.9 Å². The zero-order valence-electron chi connectivity index (χ0n) is 15.7. The highest BCUT2D eigenvalue weighted by Crippen LogP contribution is 2.41. The maximum absolute atomic E-state index is 11.4. The normalized spacial score (nSPS) is 28.8. The molecule has 8 nitrogen and oxygen atoms in total. The van der Waals surface area contributed by atoms with Gasteiger partial charge in [0.1, 0.15) is 12.2 Å². The largest absolute Gasteiger partial charge is 0.422 e. The number of hydrogen-bond acceptors (Lipinski definition) is 8. The van der Waals surface area contributed by atoms with Gasteiger partial charge in [-0.1, -0.05) is 30.3 Å². The van der Waals surface area contributed by atoms with Crippen LogP contribution in [-0.4, -0.2) is 48.6 Å². The van der Waals surface area contributed by atoms with E-state index in [1.165, 1.54) is 13.8 Å². The molecular weight excluding hydrogens is 356 g/mol. The van der Waals surface area contributed by atoms with Crippen molar-refractivity contribution < 1.29 is 38.0 Å². The Labute approximate surface area is 157 Å². The fourth-order valence-corrected chi connectivity index (χ4v) is 3.18. The molecule has 4 atom stereocenters. The second-order valence-corrected chi connectivity index (χ2v) is 6.92. The molecule has 1 unspecified atom stereocenters. The summed E-state index contributed by atoms with van der Waals surface area (Å²) in [6.07, 6.45) is -4.07. The number of hydrogen-bond donors (Lipinski definition) is 0. The molecule has 0 radical (unpaired) electrons. The summed E-state index contributed by atoms with van der Waals surface area (Å²) in [5.41, 5.74) is 0.968. The summed E-state index contributed by atoms with van der Waals surface area (Å²) in [4.78, 5) is 22.9. The van der Waals surface area contributed by atoms with Crippen molar-refractivity contribution in [2.24, 2.45) is 0 Å². The number of benzene rings is 1. The van der Waals surface area contributed by atoms with Crippen molar-refractivity contribution in [3.63, 3.8) is 0 Å². The van der Waals surface area contributed by atoms with E-state index in [-0.39, 0.29) is 0 Å². The SMILES string of the molecule is CC(=O)OC(OC(C)=O)[C@H]1OC(OCc2ccccc2)[C@H]2OC(C)(C)O[C@@H]12. The molecule has 0 spiro atoms. The van der Waals surface area contributed by atoms with Crippen molar-refractivity contribution >= 4 is 11.9 Å². The van der Waals surface area contributed by atoms with Crippen LogP contribution in [0.5, 0.6) is 0 Å². The monoisotopic (exact) mass is 380 g/mol. The lowest BCUT2D eigenvalue weighted by molar-refractivity contribution is -0.269. The van der Waals surface area contributed by atoms with Crippen molar-refractivity contribution in [2.75, 3.05) is 0 Å². The summed E-state index contributed by atoms with van der Waals surface area (Å²) in [6, 6.07) is 9.60. The van der Waals surface area contributed by atoms with Gasteiger partial charge in [0.05, 0.1) is 6.61 Å². The highest BCUT2D eigenvalue weighted by Gasteiger charge is 2.59. The van der Waals surface area contributed by atoms with Crippen molar-refractivity contribution in [2.45, 2.75) is 71.0 Å². The molecule has 0 saturated carbocycles. The Morgan fingerprint density at radius 1 is 1.04 bits per heavy atom. The van der Waals surface area contributed by atoms with Gasteiger partial charge in [0, 0.05) is 13.8 Å². The van der Waals surface area contributed by atoms with Crippen LogP contribution in [0.3, 0.4) is 0 Å². The molecule has 0 aliphatic carbocycles. The third-order valence-electron chi connectivity index (χ3n) is 4.14. The van der Waals surface area contributed by atoms with Crippen LogP contribution in [0, 0.1) is 0 Å². The molecular formula is C19H24O8. The second kappa shape index (κ2) is 7.93. The zero-order valence-corrected chi connectivity index (χ0v) is 15.7. The predicted octanol–water partition coefficient (Wildman–Crippen LogP) is 1.90. The number of rotatable bonds is 6. The lowest BCUT2D eigenvalue weighted by atomic mass is 10.1. The Kier molecular flexibility index (Phi) is 5.81. The lowest BCUT2D eigenvalue weighted by Crippen LogP contribution is -2.43. The molecule has 27 heavy (non-hydrogen) atoms. The van der Waals surface area contributed by atoms with E-state index in [9.17, 15) is 9.59 Å². The van der Waals surface area contributed by atoms with Crippen LogP contribution >= 0.6 is 0 Å². The summed E-state index contributed by atoms with van der Waals surface area (Å²) in [6.45, 7) is 6.29. The predicted molar refractivity (Wildman–Crippen MR) is 91.0 cm³/mol. The smallest absolute Gasteiger partial charge is 0.305 e. The van der Waals surface area contributed by atoms with Gasteiger partial charge in [0.15, 0.2) is 18.2 Å². The van der Waals surface area contributed by atoms with Gasteiger partial charge in [-0.15, -0.1) is 0 Å². The molecule has 2 fully saturated rings. The van der Waals surface area contributed by atoms with Gasteiger partial charge in [0.25, 0.3) is 6.29 Å². The van der Waals surface area contributed by atoms with E-state index in [4.69, 9.17) is 28.4 Å². The van der Waals surface area contributed by atoms with Gasteiger partial charge in [-0.05, 0) is 19.4 Å². The summed E-state index contributed by atoms with van der Waals surface area (Å²) in [5, 5.41) is 0. The molecule has 1 aromatic carbocycles. The highest BCUT2D eigenvalue weighted by atomic mass is 16.8. The first-order valence-electron chi connectivity index (χ1n) is 8.76. The molecule has 0 aromatic heterocycles. The first-order chi connectivity index (χ1) is 12.7. The highest BCUT2D eigenvalue weighted by molar-refractivity contribution is 5.68. The molecule has 2 aliphatic heterocycles. The summed E-state index contributed by atoms with van der Waals surface area (Å²) < 4.78 is 33.8. The van der Waals surface area contributed by atoms with Crippen LogP contribution in [0.4, 0.5) is 0 Å². The minimum Gasteiger partial charge on any atom is -0.422 e. The minimum absolute atomic E-state index is 0.303. The molecule has 2 aliphatic rings. The third kappa shape index (κ3) is 4.84. The molecule has 8 heteroatoms. The summed E-state index contributed by atoms with van der Waals surface area (Å²) in [7, 11) is 0. The van der Waals surface area contributed by atoms with Crippen LogP contribution < -0.4 is 0 Å². The first kappa shape index (κ1) is 19.8. The van der Waals surface area contributed by atoms with Crippen LogP contribution in [0.2, 0.25) is 0 Å². The molecule has 148 valence electrons. The van der Waals surface area contributed by atoms with Gasteiger partial charge in [-0.2, -0.15) is 0 Å². The van der Waals surface area contributed by atoms with Crippen molar-refractivity contribution in [1.82, 2.24) is 0 Å². The maximum Gasteiger partial charge on any atom is 0.305 e. The van der Waals surface area contributed by atoms with E-state index in [0.29, 0.717) is 6.61 Å². The maximum atomic E-state index is 11.4. The quantitative estimate of drug-likeness (QED) is 0.546. The molecule has 2 heterocycles. The van der Waals surface area contributed by atoms with Crippen molar-refractivity contribution in [3.05, 3.63) is 35.9 Å². The van der Waals surface area contributed by atoms with Crippen LogP contribution in [0.1, 0.15) is 33.3 Å². The fraction of sp³-hybridized carbons (Fsp3) is 0.579. The van der Waals surface area contributed by atoms with E-state index in [2.05, 4.69) is 0 Å². The number of carbonyl (C=O) groups excluding carboxylic acids is 2. The van der Waals surface area contributed by atoms with Gasteiger partial charge < -0.3 is 28.4 Å². The van der Waals surface area contributed by atoms with Crippen molar-refractivity contribution in [1.29, 1.82) is 0 Å². The van der Waals surface area contributed by atoms with Gasteiger partial charge in [-0.3, -0.25) is 9.59 Å². The summed E-state index contributed by atoms with van der Waals surface area (Å²) in [5.74, 6) is -2.08. The summed E-state index contributed by atoms with van der Waals surface area (Å²) >= 11 is 0. The van der Waals surface area contributed by atoms with Gasteiger partial charge in [-0.25, -0.2) is 0 Å². The van der Waals surface area contributed by atoms with E-state index in [1.54, 1.807) is 13.8 Å². The van der Waals surface area contributed by atoms with E-state index in [0.717, 1.165) is 5.56 Å². The van der Waals surface area contributed by atoms with Gasteiger partial charge in [0.2, 0.25) is 0 Å². The Bertz CT molecular complexity index is 658. The topological polar surface area (TPSA) is 89.5 Å². The van der Waals surface area contributed by atoms with Crippen molar-refractivity contribution in [3.8, 4) is 0 Å². The Morgan fingerprint density at radius 3 is 2.22 bits per heavy atom. The first-order valence-corrected chi connectivity index (χ1v) is 8.76. The zero-order chi connectivity index (χ0) is 19.6. The molecule has 0 bridgehead atoms. The molecule has 0 amide bonds. The lowest BCUT2D eigenvalue weighted by Gasteiger charge is -2.27. The minimum atomic E-state index is -1.25. The van der Waals surface area contributed by atoms with E-state index < -0.39 is 48.6 Å². The molecule has 3 rings (SSSR count). The van der Waals surface area contributed by atoms with Crippen LogP contribution in [-0.2, 0) is 44.6 Å². The molecule has 0 N–H and O–H groups in total. The average Bonchev–Trinajstić information content (AvgIpc) is 3.05. The van der Waals surface area contributed by atoms with Crippen LogP contribution in [0.25, 0.3) is 0 Å². The fourth-order valence-electron chi connectivity index (χ4n) is 3.18. The Balaban J connectivity index is 1.76. The molecule has 2 saturated heterocycles. The number of carbonyl (C=O) groups is 2. The third-order valence-corrected chi connectivity index (χ3v) is 4.14. The number of fused-ring (bicyclic) bond motifs is 1.